The molecule has 2 heterocycles. The third kappa shape index (κ3) is 2.84. The summed E-state index contributed by atoms with van der Waals surface area (Å²) >= 11 is 0. The van der Waals surface area contributed by atoms with Crippen LogP contribution in [0.25, 0.3) is 0 Å². The van der Waals surface area contributed by atoms with Gasteiger partial charge in [0.2, 0.25) is 11.8 Å². The lowest BCUT2D eigenvalue weighted by Gasteiger charge is -2.23. The summed E-state index contributed by atoms with van der Waals surface area (Å²) in [6, 6.07) is -1.05. The van der Waals surface area contributed by atoms with Gasteiger partial charge in [0.25, 0.3) is 0 Å². The van der Waals surface area contributed by atoms with Crippen LogP contribution in [-0.2, 0) is 14.3 Å². The van der Waals surface area contributed by atoms with Crippen LogP contribution < -0.4 is 0 Å². The molecule has 1 unspecified atom stereocenters. The molecule has 1 aliphatic heterocycles. The number of carboxylic acid groups (broad SMARTS) is 1. The first kappa shape index (κ1) is 13.8. The molecule has 0 saturated carbocycles. The first-order valence-electron chi connectivity index (χ1n) is 5.73. The topological polar surface area (TPSA) is 135 Å². The highest BCUT2D eigenvalue weighted by Crippen LogP contribution is 2.24. The summed E-state index contributed by atoms with van der Waals surface area (Å²) in [5.41, 5.74) is 0. The van der Waals surface area contributed by atoms with Gasteiger partial charge in [-0.3, -0.25) is 14.5 Å². The second kappa shape index (κ2) is 5.55. The monoisotopic (exact) mass is 281 g/mol. The maximum atomic E-state index is 11.7. The fourth-order valence-electron chi connectivity index (χ4n) is 1.78. The molecule has 1 atom stereocenters. The summed E-state index contributed by atoms with van der Waals surface area (Å²) < 4.78 is 4.43. The second-order valence-corrected chi connectivity index (χ2v) is 4.06. The van der Waals surface area contributed by atoms with Crippen LogP contribution in [0.5, 0.6) is 0 Å². The molecule has 0 aliphatic carbocycles. The van der Waals surface area contributed by atoms with Crippen molar-refractivity contribution < 1.29 is 24.2 Å². The molecule has 20 heavy (non-hydrogen) atoms. The van der Waals surface area contributed by atoms with Gasteiger partial charge < -0.3 is 9.84 Å². The van der Waals surface area contributed by atoms with Crippen LogP contribution in [0.15, 0.2) is 0 Å². The zero-order valence-corrected chi connectivity index (χ0v) is 10.5. The molecule has 1 aromatic rings. The largest absolute Gasteiger partial charge is 0.505 e. The van der Waals surface area contributed by atoms with E-state index < -0.39 is 30.6 Å². The second-order valence-electron chi connectivity index (χ2n) is 4.06. The van der Waals surface area contributed by atoms with E-state index in [0.29, 0.717) is 5.82 Å². The van der Waals surface area contributed by atoms with Gasteiger partial charge in [-0.2, -0.15) is 0 Å². The average molecular weight is 281 g/mol. The lowest BCUT2D eigenvalue weighted by molar-refractivity contribution is -0.142. The third-order valence-corrected chi connectivity index (χ3v) is 2.66. The minimum absolute atomic E-state index is 0.0412. The minimum atomic E-state index is -1.53. The third-order valence-electron chi connectivity index (χ3n) is 2.66. The molecule has 0 bridgehead atoms. The molecule has 106 valence electrons. The maximum Gasteiger partial charge on any atom is 0.505 e. The zero-order valence-electron chi connectivity index (χ0n) is 10.5. The van der Waals surface area contributed by atoms with Gasteiger partial charge in [-0.25, -0.2) is 4.79 Å². The van der Waals surface area contributed by atoms with E-state index in [4.69, 9.17) is 5.11 Å². The number of rotatable bonds is 4. The van der Waals surface area contributed by atoms with Crippen LogP contribution in [0, 0.1) is 6.92 Å². The first-order chi connectivity index (χ1) is 9.49. The van der Waals surface area contributed by atoms with E-state index >= 15 is 0 Å². The van der Waals surface area contributed by atoms with Crippen molar-refractivity contribution in [3.63, 3.8) is 0 Å². The van der Waals surface area contributed by atoms with Crippen LogP contribution in [0.1, 0.15) is 30.5 Å². The molecule has 2 amide bonds. The number of amides is 2. The summed E-state index contributed by atoms with van der Waals surface area (Å²) in [6.45, 7) is 1.11. The average Bonchev–Trinajstić information content (AvgIpc) is 2.72. The maximum absolute atomic E-state index is 11.7. The van der Waals surface area contributed by atoms with E-state index in [1.54, 1.807) is 6.92 Å². The minimum Gasteiger partial charge on any atom is -0.450 e. The van der Waals surface area contributed by atoms with Gasteiger partial charge in [0.15, 0.2) is 11.6 Å². The molecule has 1 aromatic heterocycles. The molecule has 1 saturated heterocycles. The lowest BCUT2D eigenvalue weighted by Crippen LogP contribution is -2.37. The van der Waals surface area contributed by atoms with Crippen LogP contribution in [-0.4, -0.2) is 55.0 Å². The number of carbonyl (C=O) groups is 3. The van der Waals surface area contributed by atoms with Crippen molar-refractivity contribution in [2.45, 2.75) is 25.8 Å². The molecule has 0 radical (unpaired) electrons. The number of aryl methyl sites for hydroxylation is 1. The predicted octanol–water partition coefficient (Wildman–Crippen LogP) is -0.540. The highest BCUT2D eigenvalue weighted by molar-refractivity contribution is 6.02. The molecule has 0 aromatic carbocycles. The fraction of sp³-hybridized carbons (Fsp3) is 0.500. The molecule has 1 fully saturated rings. The Bertz CT molecular complexity index is 529. The number of likely N-dealkylation sites (tertiary alicyclic amines) is 1. The Morgan fingerprint density at radius 2 is 1.80 bits per heavy atom. The van der Waals surface area contributed by atoms with Crippen molar-refractivity contribution in [1.29, 1.82) is 0 Å². The van der Waals surface area contributed by atoms with E-state index in [2.05, 4.69) is 25.1 Å². The van der Waals surface area contributed by atoms with Gasteiger partial charge in [0.1, 0.15) is 12.6 Å². The highest BCUT2D eigenvalue weighted by atomic mass is 16.7. The standard InChI is InChI=1S/C10H11N5O5/c1-5-11-13-9(14-12-5)6(4-20-10(18)19)15-7(16)2-3-8(15)17/h6H,2-4H2,1H3,(H,18,19). The quantitative estimate of drug-likeness (QED) is 0.569. The van der Waals surface area contributed by atoms with E-state index in [1.165, 1.54) is 0 Å². The van der Waals surface area contributed by atoms with E-state index in [9.17, 15) is 14.4 Å². The molecular weight excluding hydrogens is 270 g/mol. The predicted molar refractivity (Wildman–Crippen MR) is 60.2 cm³/mol. The van der Waals surface area contributed by atoms with Gasteiger partial charge in [0.05, 0.1) is 0 Å². The Labute approximate surface area is 112 Å². The molecule has 1 aliphatic rings. The van der Waals surface area contributed by atoms with Gasteiger partial charge in [-0.05, 0) is 6.92 Å². The van der Waals surface area contributed by atoms with Crippen molar-refractivity contribution in [3.05, 3.63) is 11.6 Å². The van der Waals surface area contributed by atoms with Gasteiger partial charge in [-0.1, -0.05) is 0 Å². The van der Waals surface area contributed by atoms with E-state index in [-0.39, 0.29) is 18.7 Å². The fourth-order valence-corrected chi connectivity index (χ4v) is 1.78. The SMILES string of the molecule is Cc1nnc(C(COC(=O)O)N2C(=O)CCC2=O)nn1. The number of ether oxygens (including phenoxy) is 1. The Morgan fingerprint density at radius 1 is 1.25 bits per heavy atom. The zero-order chi connectivity index (χ0) is 14.7. The molecule has 1 N–H and O–H groups in total. The van der Waals surface area contributed by atoms with Gasteiger partial charge in [0, 0.05) is 12.8 Å². The van der Waals surface area contributed by atoms with E-state index in [1.807, 2.05) is 0 Å². The summed E-state index contributed by atoms with van der Waals surface area (Å²) in [5.74, 6) is -0.595. The van der Waals surface area contributed by atoms with Crippen molar-refractivity contribution in [2.24, 2.45) is 0 Å². The van der Waals surface area contributed by atoms with Crippen LogP contribution in [0.4, 0.5) is 4.79 Å². The molecular formula is C10H11N5O5. The summed E-state index contributed by atoms with van der Waals surface area (Å²) in [5, 5.41) is 23.3. The van der Waals surface area contributed by atoms with Crippen molar-refractivity contribution in [3.8, 4) is 0 Å². The normalized spacial score (nSPS) is 16.4. The number of nitrogens with zero attached hydrogens (tertiary/aromatic N) is 5. The Hall–Kier alpha value is -2.65. The number of imide groups is 1. The number of hydrogen-bond donors (Lipinski definition) is 1. The lowest BCUT2D eigenvalue weighted by atomic mass is 10.2. The van der Waals surface area contributed by atoms with Gasteiger partial charge >= 0.3 is 6.16 Å². The van der Waals surface area contributed by atoms with Crippen molar-refractivity contribution in [2.75, 3.05) is 6.61 Å². The van der Waals surface area contributed by atoms with Crippen molar-refractivity contribution >= 4 is 18.0 Å². The summed E-state index contributed by atoms with van der Waals surface area (Å²) in [7, 11) is 0. The molecule has 10 heteroatoms. The van der Waals surface area contributed by atoms with E-state index in [0.717, 1.165) is 4.90 Å². The number of carbonyl (C=O) groups excluding carboxylic acids is 2. The highest BCUT2D eigenvalue weighted by Gasteiger charge is 2.38. The first-order valence-corrected chi connectivity index (χ1v) is 5.73. The number of hydrogen-bond acceptors (Lipinski definition) is 8. The number of aromatic nitrogens is 4. The van der Waals surface area contributed by atoms with Crippen LogP contribution in [0.3, 0.4) is 0 Å². The Kier molecular flexibility index (Phi) is 3.82. The summed E-state index contributed by atoms with van der Waals surface area (Å²) in [6.07, 6.45) is -1.40. The molecule has 10 nitrogen and oxygen atoms in total. The molecule has 2 rings (SSSR count). The van der Waals surface area contributed by atoms with Gasteiger partial charge in [-0.15, -0.1) is 20.4 Å². The van der Waals surface area contributed by atoms with Crippen LogP contribution >= 0.6 is 0 Å². The summed E-state index contributed by atoms with van der Waals surface area (Å²) in [4.78, 5) is 34.8. The van der Waals surface area contributed by atoms with Crippen LogP contribution in [0.2, 0.25) is 0 Å². The Balaban J connectivity index is 2.28. The van der Waals surface area contributed by atoms with Crippen molar-refractivity contribution in [1.82, 2.24) is 25.3 Å². The Morgan fingerprint density at radius 3 is 2.30 bits per heavy atom. The smallest absolute Gasteiger partial charge is 0.450 e. The molecule has 0 spiro atoms.